The first kappa shape index (κ1) is 33.8. The number of pyridine rings is 2. The van der Waals surface area contributed by atoms with Gasteiger partial charge in [-0.25, -0.2) is 4.98 Å². The maximum Gasteiger partial charge on any atom is 0.220 e. The molecule has 1 saturated carbocycles. The molecule has 3 N–H and O–H groups in total. The first-order chi connectivity index (χ1) is 23.8. The van der Waals surface area contributed by atoms with Crippen LogP contribution in [0.2, 0.25) is 10.0 Å². The Morgan fingerprint density at radius 3 is 2.59 bits per heavy atom. The minimum atomic E-state index is -0.135. The molecule has 9 nitrogen and oxygen atoms in total. The zero-order chi connectivity index (χ0) is 34.1. The second-order valence-corrected chi connectivity index (χ2v) is 14.0. The molecule has 0 radical (unpaired) electrons. The van der Waals surface area contributed by atoms with Gasteiger partial charge in [0.15, 0.2) is 0 Å². The zero-order valence-corrected chi connectivity index (χ0v) is 29.3. The number of aliphatic hydroxyl groups is 1. The number of amides is 1. The summed E-state index contributed by atoms with van der Waals surface area (Å²) in [6, 6.07) is 16.0. The smallest absolute Gasteiger partial charge is 0.220 e. The Bertz CT molecular complexity index is 1850. The number of hydrogen-bond acceptors (Lipinski definition) is 8. The van der Waals surface area contributed by atoms with Crippen molar-refractivity contribution < 1.29 is 19.4 Å². The molecule has 11 heteroatoms. The molecule has 0 bridgehead atoms. The molecular weight excluding hydrogens is 661 g/mol. The number of carbonyl (C=O) groups is 1. The van der Waals surface area contributed by atoms with E-state index >= 15 is 0 Å². The summed E-state index contributed by atoms with van der Waals surface area (Å²) in [4.78, 5) is 23.5. The van der Waals surface area contributed by atoms with Crippen molar-refractivity contribution in [2.24, 2.45) is 5.92 Å². The number of benzene rings is 2. The molecule has 7 rings (SSSR count). The van der Waals surface area contributed by atoms with Crippen LogP contribution < -0.4 is 20.1 Å². The number of halogens is 2. The van der Waals surface area contributed by atoms with Gasteiger partial charge in [0, 0.05) is 84.8 Å². The lowest BCUT2D eigenvalue weighted by Crippen LogP contribution is -2.40. The van der Waals surface area contributed by atoms with E-state index in [1.54, 1.807) is 20.4 Å². The van der Waals surface area contributed by atoms with Crippen LogP contribution in [-0.2, 0) is 24.3 Å². The Morgan fingerprint density at radius 1 is 1.02 bits per heavy atom. The van der Waals surface area contributed by atoms with Gasteiger partial charge in [0.2, 0.25) is 11.8 Å². The molecule has 0 spiro atoms. The number of methoxy groups -OCH3 is 2. The van der Waals surface area contributed by atoms with E-state index < -0.39 is 0 Å². The third-order valence-electron chi connectivity index (χ3n) is 9.98. The van der Waals surface area contributed by atoms with Gasteiger partial charge in [-0.3, -0.25) is 14.7 Å². The molecule has 2 aromatic carbocycles. The summed E-state index contributed by atoms with van der Waals surface area (Å²) in [6.45, 7) is 4.03. The highest BCUT2D eigenvalue weighted by atomic mass is 35.5. The summed E-state index contributed by atoms with van der Waals surface area (Å²) in [5.74, 6) is 2.01. The van der Waals surface area contributed by atoms with E-state index in [4.69, 9.17) is 42.6 Å². The van der Waals surface area contributed by atoms with E-state index in [1.807, 2.05) is 42.5 Å². The molecule has 256 valence electrons. The highest BCUT2D eigenvalue weighted by Gasteiger charge is 2.31. The SMILES string of the molecule is COc1cc(-c2nccc(-c3cccc(-c4ccc(CNC[C@@H]5CCC(=O)N5)c(OC)n4)c3Cl)c2Cl)cc2c1CN(CC1CC(O)C1)CC2. The number of aromatic nitrogens is 2. The molecule has 0 unspecified atom stereocenters. The Morgan fingerprint density at radius 2 is 1.84 bits per heavy atom. The zero-order valence-electron chi connectivity index (χ0n) is 27.8. The highest BCUT2D eigenvalue weighted by Crippen LogP contribution is 2.43. The number of carbonyl (C=O) groups excluding carboxylic acids is 1. The topological polar surface area (TPSA) is 109 Å². The van der Waals surface area contributed by atoms with Crippen molar-refractivity contribution in [2.45, 2.75) is 57.3 Å². The lowest BCUT2D eigenvalue weighted by atomic mass is 9.81. The minimum absolute atomic E-state index is 0.104. The number of aliphatic hydroxyl groups excluding tert-OH is 1. The third kappa shape index (κ3) is 7.14. The number of hydrogen-bond donors (Lipinski definition) is 3. The van der Waals surface area contributed by atoms with Gasteiger partial charge in [-0.05, 0) is 61.4 Å². The van der Waals surface area contributed by atoms with Gasteiger partial charge >= 0.3 is 0 Å². The second kappa shape index (κ2) is 14.6. The van der Waals surface area contributed by atoms with Gasteiger partial charge in [-0.2, -0.15) is 0 Å². The average Bonchev–Trinajstić information content (AvgIpc) is 3.52. The number of nitrogens with one attached hydrogen (secondary N) is 2. The van der Waals surface area contributed by atoms with Gasteiger partial charge in [-0.15, -0.1) is 0 Å². The van der Waals surface area contributed by atoms with Crippen LogP contribution in [0.1, 0.15) is 42.4 Å². The summed E-state index contributed by atoms with van der Waals surface area (Å²) in [5, 5.41) is 17.1. The lowest BCUT2D eigenvalue weighted by Gasteiger charge is -2.38. The molecule has 1 aliphatic carbocycles. The number of rotatable bonds is 11. The first-order valence-electron chi connectivity index (χ1n) is 16.9. The maximum absolute atomic E-state index is 11.5. The quantitative estimate of drug-likeness (QED) is 0.167. The van der Waals surface area contributed by atoms with Gasteiger partial charge in [0.05, 0.1) is 41.8 Å². The number of fused-ring (bicyclic) bond motifs is 1. The third-order valence-corrected chi connectivity index (χ3v) is 10.8. The number of ether oxygens (including phenoxy) is 2. The van der Waals surface area contributed by atoms with Crippen LogP contribution in [0.25, 0.3) is 33.6 Å². The number of nitrogens with zero attached hydrogens (tertiary/aromatic N) is 3. The molecule has 1 amide bonds. The van der Waals surface area contributed by atoms with Crippen molar-refractivity contribution in [3.05, 3.63) is 81.5 Å². The van der Waals surface area contributed by atoms with Gasteiger partial charge in [-0.1, -0.05) is 47.5 Å². The van der Waals surface area contributed by atoms with Crippen LogP contribution in [-0.4, -0.2) is 71.9 Å². The van der Waals surface area contributed by atoms with Crippen LogP contribution in [0.3, 0.4) is 0 Å². The van der Waals surface area contributed by atoms with E-state index in [1.165, 1.54) is 11.1 Å². The lowest BCUT2D eigenvalue weighted by molar-refractivity contribution is -0.119. The predicted octanol–water partition coefficient (Wildman–Crippen LogP) is 6.30. The molecule has 4 aromatic rings. The Kier molecular flexibility index (Phi) is 10.1. The molecule has 49 heavy (non-hydrogen) atoms. The normalized spacial score (nSPS) is 20.4. The summed E-state index contributed by atoms with van der Waals surface area (Å²) in [7, 11) is 3.32. The van der Waals surface area contributed by atoms with Crippen molar-refractivity contribution in [1.29, 1.82) is 0 Å². The summed E-state index contributed by atoms with van der Waals surface area (Å²) in [5.41, 5.74) is 7.92. The van der Waals surface area contributed by atoms with E-state index in [0.717, 1.165) is 78.9 Å². The largest absolute Gasteiger partial charge is 0.496 e. The molecule has 2 aliphatic heterocycles. The van der Waals surface area contributed by atoms with Crippen LogP contribution >= 0.6 is 23.2 Å². The van der Waals surface area contributed by atoms with Crippen molar-refractivity contribution in [3.63, 3.8) is 0 Å². The predicted molar refractivity (Wildman–Crippen MR) is 192 cm³/mol. The molecule has 3 aliphatic rings. The fraction of sp³-hybridized carbons (Fsp3) is 0.395. The van der Waals surface area contributed by atoms with Crippen LogP contribution in [0.5, 0.6) is 11.6 Å². The van der Waals surface area contributed by atoms with Gasteiger partial charge in [0.25, 0.3) is 0 Å². The summed E-state index contributed by atoms with van der Waals surface area (Å²) in [6.07, 6.45) is 5.74. The Labute approximate surface area is 297 Å². The fourth-order valence-electron chi connectivity index (χ4n) is 7.31. The minimum Gasteiger partial charge on any atom is -0.496 e. The molecule has 1 atom stereocenters. The van der Waals surface area contributed by atoms with E-state index in [9.17, 15) is 9.90 Å². The van der Waals surface area contributed by atoms with Crippen molar-refractivity contribution in [2.75, 3.05) is 33.9 Å². The van der Waals surface area contributed by atoms with Crippen molar-refractivity contribution >= 4 is 29.1 Å². The standard InChI is InChI=1S/C38H41Cl2N5O4/c1-48-33-17-25(16-23-11-13-45(21-31(23)33)20-22-14-27(46)15-22)37-36(40)29(10-12-42-37)28-4-3-5-30(35(28)39)32-8-6-24(38(44-32)49-2)18-41-19-26-7-9-34(47)43-26/h3-6,8,10,12,16-17,22,26-27,41,46H,7,9,11,13-15,18-21H2,1-2H3,(H,43,47)/t22?,26-,27?/m0/s1. The average molecular weight is 703 g/mol. The van der Waals surface area contributed by atoms with E-state index in [-0.39, 0.29) is 18.1 Å². The molecular formula is C38H41Cl2N5O4. The van der Waals surface area contributed by atoms with E-state index in [2.05, 4.69) is 21.6 Å². The maximum atomic E-state index is 11.5. The monoisotopic (exact) mass is 701 g/mol. The first-order valence-corrected chi connectivity index (χ1v) is 17.6. The van der Waals surface area contributed by atoms with E-state index in [0.29, 0.717) is 52.7 Å². The van der Waals surface area contributed by atoms with Crippen LogP contribution in [0.4, 0.5) is 0 Å². The fourth-order valence-corrected chi connectivity index (χ4v) is 7.96. The summed E-state index contributed by atoms with van der Waals surface area (Å²) >= 11 is 14.3. The van der Waals surface area contributed by atoms with Crippen molar-refractivity contribution in [1.82, 2.24) is 25.5 Å². The molecule has 2 aromatic heterocycles. The molecule has 2 fully saturated rings. The Hall–Kier alpha value is -3.73. The van der Waals surface area contributed by atoms with Crippen LogP contribution in [0.15, 0.2) is 54.7 Å². The second-order valence-electron chi connectivity index (χ2n) is 13.3. The molecule has 4 heterocycles. The van der Waals surface area contributed by atoms with Crippen molar-refractivity contribution in [3.8, 4) is 45.3 Å². The van der Waals surface area contributed by atoms with Gasteiger partial charge in [0.1, 0.15) is 5.75 Å². The highest BCUT2D eigenvalue weighted by molar-refractivity contribution is 6.39. The Balaban J connectivity index is 1.13. The van der Waals surface area contributed by atoms with Crippen LogP contribution in [0, 0.1) is 5.92 Å². The molecule has 1 saturated heterocycles. The summed E-state index contributed by atoms with van der Waals surface area (Å²) < 4.78 is 11.6. The van der Waals surface area contributed by atoms with Gasteiger partial charge < -0.3 is 25.2 Å².